The molecule has 2 aromatic carbocycles. The van der Waals surface area contributed by atoms with Crippen molar-refractivity contribution >= 4 is 34.0 Å². The molecule has 0 unspecified atom stereocenters. The van der Waals surface area contributed by atoms with Crippen molar-refractivity contribution in [3.63, 3.8) is 0 Å². The first kappa shape index (κ1) is 21.4. The van der Waals surface area contributed by atoms with E-state index < -0.39 is 0 Å². The minimum Gasteiger partial charge on any atom is -0.486 e. The summed E-state index contributed by atoms with van der Waals surface area (Å²) in [5.41, 5.74) is 3.87. The number of carbonyl (C=O) groups is 1. The first-order chi connectivity index (χ1) is 16.2. The maximum atomic E-state index is 12.5. The van der Waals surface area contributed by atoms with Crippen molar-refractivity contribution in [2.45, 2.75) is 38.7 Å². The summed E-state index contributed by atoms with van der Waals surface area (Å²) in [6.07, 6.45) is 8.66. The Hall–Kier alpha value is -3.45. The number of ether oxygens (including phenoxy) is 2. The van der Waals surface area contributed by atoms with Crippen LogP contribution in [0.15, 0.2) is 54.9 Å². The molecule has 1 fully saturated rings. The van der Waals surface area contributed by atoms with Crippen LogP contribution in [0.25, 0.3) is 10.9 Å². The lowest BCUT2D eigenvalue weighted by atomic mass is 10.0. The molecule has 5 rings (SSSR count). The molecule has 0 radical (unpaired) electrons. The van der Waals surface area contributed by atoms with E-state index in [2.05, 4.69) is 44.5 Å². The predicted molar refractivity (Wildman–Crippen MR) is 129 cm³/mol. The summed E-state index contributed by atoms with van der Waals surface area (Å²) in [7, 11) is 0. The number of hydrogen-bond donors (Lipinski definition) is 1. The van der Waals surface area contributed by atoms with Crippen molar-refractivity contribution in [3.8, 4) is 5.75 Å². The first-order valence-electron chi connectivity index (χ1n) is 11.6. The molecule has 33 heavy (non-hydrogen) atoms. The van der Waals surface area contributed by atoms with Crippen LogP contribution in [-0.4, -0.2) is 41.7 Å². The quantitative estimate of drug-likeness (QED) is 0.551. The van der Waals surface area contributed by atoms with E-state index in [0.29, 0.717) is 24.7 Å². The molecule has 1 saturated heterocycles. The van der Waals surface area contributed by atoms with Gasteiger partial charge in [-0.05, 0) is 43.0 Å². The highest BCUT2D eigenvalue weighted by Crippen LogP contribution is 2.39. The van der Waals surface area contributed by atoms with E-state index in [9.17, 15) is 4.79 Å². The molecule has 7 heteroatoms. The summed E-state index contributed by atoms with van der Waals surface area (Å²) in [6.45, 7) is 4.09. The highest BCUT2D eigenvalue weighted by atomic mass is 16.5. The fraction of sp³-hybridized carbons (Fsp3) is 0.346. The molecule has 7 nitrogen and oxygen atoms in total. The number of anilines is 3. The van der Waals surface area contributed by atoms with Gasteiger partial charge < -0.3 is 19.7 Å². The number of para-hydroxylation sites is 1. The Kier molecular flexibility index (Phi) is 6.21. The fourth-order valence-corrected chi connectivity index (χ4v) is 4.42. The lowest BCUT2D eigenvalue weighted by Gasteiger charge is -2.31. The second-order valence-electron chi connectivity index (χ2n) is 8.35. The highest BCUT2D eigenvalue weighted by molar-refractivity contribution is 6.03. The standard InChI is InChI=1S/C26H28N4O3/c1-2-3-10-25(31)29-22-14-20-21(15-24(22)33-19-11-13-32-16-19)27-17-28-26(20)30-12-6-8-18-7-4-5-9-23(18)30/h3-5,7,9-10,14-15,17,19H,2,6,8,11-13,16H2,1H3,(H,29,31)/b10-3+/t19-/m1/s1. The smallest absolute Gasteiger partial charge is 0.248 e. The van der Waals surface area contributed by atoms with Crippen molar-refractivity contribution in [2.75, 3.05) is 30.0 Å². The van der Waals surface area contributed by atoms with Gasteiger partial charge in [-0.1, -0.05) is 31.2 Å². The average molecular weight is 445 g/mol. The van der Waals surface area contributed by atoms with Gasteiger partial charge in [0.05, 0.1) is 24.4 Å². The molecule has 170 valence electrons. The minimum absolute atomic E-state index is 0.0421. The summed E-state index contributed by atoms with van der Waals surface area (Å²) >= 11 is 0. The number of aryl methyl sites for hydroxylation is 1. The van der Waals surface area contributed by atoms with Crippen LogP contribution in [0.1, 0.15) is 31.7 Å². The highest BCUT2D eigenvalue weighted by Gasteiger charge is 2.24. The summed E-state index contributed by atoms with van der Waals surface area (Å²) in [5, 5.41) is 3.87. The van der Waals surface area contributed by atoms with Crippen LogP contribution in [0.5, 0.6) is 5.75 Å². The lowest BCUT2D eigenvalue weighted by Crippen LogP contribution is -2.25. The number of nitrogens with zero attached hydrogens (tertiary/aromatic N) is 3. The van der Waals surface area contributed by atoms with Crippen LogP contribution in [0.4, 0.5) is 17.2 Å². The first-order valence-corrected chi connectivity index (χ1v) is 11.6. The van der Waals surface area contributed by atoms with Crippen LogP contribution in [0, 0.1) is 0 Å². The number of nitrogens with one attached hydrogen (secondary N) is 1. The number of rotatable bonds is 6. The van der Waals surface area contributed by atoms with Crippen LogP contribution in [0.2, 0.25) is 0 Å². The van der Waals surface area contributed by atoms with Crippen LogP contribution in [0.3, 0.4) is 0 Å². The van der Waals surface area contributed by atoms with E-state index in [1.807, 2.05) is 25.1 Å². The van der Waals surface area contributed by atoms with Gasteiger partial charge in [0.1, 0.15) is 24.0 Å². The van der Waals surface area contributed by atoms with E-state index in [0.717, 1.165) is 48.9 Å². The molecule has 3 aromatic rings. The molecule has 1 N–H and O–H groups in total. The monoisotopic (exact) mass is 444 g/mol. The van der Waals surface area contributed by atoms with Gasteiger partial charge in [0, 0.05) is 30.1 Å². The maximum absolute atomic E-state index is 12.5. The SMILES string of the molecule is CC/C=C/C(=O)Nc1cc2c(N3CCCc4ccccc43)ncnc2cc1O[C@@H]1CCOC1. The minimum atomic E-state index is -0.189. The molecule has 1 aromatic heterocycles. The molecule has 3 heterocycles. The van der Waals surface area contributed by atoms with Crippen LogP contribution < -0.4 is 15.0 Å². The predicted octanol–water partition coefficient (Wildman–Crippen LogP) is 4.79. The Bertz CT molecular complexity index is 1190. The largest absolute Gasteiger partial charge is 0.486 e. The van der Waals surface area contributed by atoms with Gasteiger partial charge in [-0.25, -0.2) is 9.97 Å². The Morgan fingerprint density at radius 2 is 2.21 bits per heavy atom. The molecular formula is C26H28N4O3. The molecule has 2 aliphatic rings. The average Bonchev–Trinajstić information content (AvgIpc) is 3.35. The zero-order valence-electron chi connectivity index (χ0n) is 18.8. The van der Waals surface area contributed by atoms with Crippen LogP contribution >= 0.6 is 0 Å². The van der Waals surface area contributed by atoms with E-state index in [-0.39, 0.29) is 12.0 Å². The molecule has 2 aliphatic heterocycles. The third-order valence-electron chi connectivity index (χ3n) is 6.03. The summed E-state index contributed by atoms with van der Waals surface area (Å²) < 4.78 is 11.7. The Morgan fingerprint density at radius 1 is 1.30 bits per heavy atom. The van der Waals surface area contributed by atoms with Gasteiger partial charge >= 0.3 is 0 Å². The van der Waals surface area contributed by atoms with Crippen molar-refractivity contribution in [2.24, 2.45) is 0 Å². The Balaban J connectivity index is 1.58. The van der Waals surface area contributed by atoms with Crippen LogP contribution in [-0.2, 0) is 16.0 Å². The van der Waals surface area contributed by atoms with Crippen molar-refractivity contribution in [1.82, 2.24) is 9.97 Å². The van der Waals surface area contributed by atoms with Crippen molar-refractivity contribution in [1.29, 1.82) is 0 Å². The lowest BCUT2D eigenvalue weighted by molar-refractivity contribution is -0.111. The number of carbonyl (C=O) groups excluding carboxylic acids is 1. The topological polar surface area (TPSA) is 76.6 Å². The van der Waals surface area contributed by atoms with Gasteiger partial charge in [0.25, 0.3) is 0 Å². The van der Waals surface area contributed by atoms with E-state index in [4.69, 9.17) is 9.47 Å². The van der Waals surface area contributed by atoms with Crippen molar-refractivity contribution in [3.05, 3.63) is 60.4 Å². The summed E-state index contributed by atoms with van der Waals surface area (Å²) in [4.78, 5) is 24.0. The zero-order chi connectivity index (χ0) is 22.6. The van der Waals surface area contributed by atoms with Crippen molar-refractivity contribution < 1.29 is 14.3 Å². The third kappa shape index (κ3) is 4.54. The normalized spacial score (nSPS) is 18.0. The number of allylic oxidation sites excluding steroid dienone is 1. The number of hydrogen-bond acceptors (Lipinski definition) is 6. The fourth-order valence-electron chi connectivity index (χ4n) is 4.42. The molecule has 1 amide bonds. The molecule has 0 saturated carbocycles. The van der Waals surface area contributed by atoms with Gasteiger partial charge in [0.2, 0.25) is 5.91 Å². The number of fused-ring (bicyclic) bond motifs is 2. The second kappa shape index (κ2) is 9.58. The van der Waals surface area contributed by atoms with Gasteiger partial charge in [-0.15, -0.1) is 0 Å². The molecule has 0 spiro atoms. The Morgan fingerprint density at radius 3 is 3.06 bits per heavy atom. The summed E-state index contributed by atoms with van der Waals surface area (Å²) in [6, 6.07) is 12.3. The molecule has 0 bridgehead atoms. The number of aromatic nitrogens is 2. The van der Waals surface area contributed by atoms with E-state index >= 15 is 0 Å². The molecule has 0 aliphatic carbocycles. The molecular weight excluding hydrogens is 416 g/mol. The second-order valence-corrected chi connectivity index (χ2v) is 8.35. The van der Waals surface area contributed by atoms with Gasteiger partial charge in [-0.3, -0.25) is 4.79 Å². The van der Waals surface area contributed by atoms with E-state index in [1.54, 1.807) is 12.4 Å². The maximum Gasteiger partial charge on any atom is 0.248 e. The molecule has 1 atom stereocenters. The van der Waals surface area contributed by atoms with Gasteiger partial charge in [-0.2, -0.15) is 0 Å². The van der Waals surface area contributed by atoms with Gasteiger partial charge in [0.15, 0.2) is 0 Å². The Labute approximate surface area is 193 Å². The number of benzene rings is 2. The number of amides is 1. The third-order valence-corrected chi connectivity index (χ3v) is 6.03. The zero-order valence-corrected chi connectivity index (χ0v) is 18.8. The van der Waals surface area contributed by atoms with E-state index in [1.165, 1.54) is 11.3 Å². The summed E-state index contributed by atoms with van der Waals surface area (Å²) in [5.74, 6) is 1.24.